The SMILES string of the molecule is CCN(C(=O)O)c1c(C(=O)N[C@H]2CC[C@H](NC(=O)OC(C)(C)C)CC2)n(CCS(=O)(=O)c2ccccc2)c2cc(/C(N)=N/O)ccc12. The normalized spacial score (nSPS) is 17.2. The van der Waals surface area contributed by atoms with Gasteiger partial charge < -0.3 is 36.0 Å². The van der Waals surface area contributed by atoms with Gasteiger partial charge in [0.2, 0.25) is 0 Å². The smallest absolute Gasteiger partial charge is 0.411 e. The van der Waals surface area contributed by atoms with Gasteiger partial charge in [0.25, 0.3) is 5.91 Å². The van der Waals surface area contributed by atoms with Crippen molar-refractivity contribution in [1.29, 1.82) is 0 Å². The van der Waals surface area contributed by atoms with E-state index < -0.39 is 39.3 Å². The standard InChI is InChI=1S/C32H42N6O8S/c1-5-37(31(41)42)26-24-16-11-20(28(33)36-43)19-25(24)38(17-18-47(44,45)23-9-7-6-8-10-23)27(26)29(39)34-21-12-14-22(15-13-21)35-30(40)46-32(2,3)4/h6-11,16,19,21-22,43H,5,12-15,17-18H2,1-4H3,(H2,33,36)(H,34,39)(H,35,40)(H,41,42)/t21-,22-. The Labute approximate surface area is 273 Å². The molecule has 0 radical (unpaired) electrons. The number of nitrogens with one attached hydrogen (secondary N) is 2. The molecule has 0 bridgehead atoms. The van der Waals surface area contributed by atoms with Crippen LogP contribution in [0.15, 0.2) is 58.6 Å². The number of fused-ring (bicyclic) bond motifs is 1. The van der Waals surface area contributed by atoms with Crippen molar-refractivity contribution in [2.24, 2.45) is 10.9 Å². The number of carboxylic acid groups (broad SMARTS) is 1. The lowest BCUT2D eigenvalue weighted by Crippen LogP contribution is -2.45. The molecule has 0 aliphatic heterocycles. The maximum absolute atomic E-state index is 14.2. The van der Waals surface area contributed by atoms with Crippen molar-refractivity contribution in [1.82, 2.24) is 15.2 Å². The molecular formula is C32H42N6O8S. The fourth-order valence-corrected chi connectivity index (χ4v) is 6.97. The first kappa shape index (κ1) is 35.1. The van der Waals surface area contributed by atoms with E-state index in [9.17, 15) is 33.1 Å². The Kier molecular flexibility index (Phi) is 10.7. The van der Waals surface area contributed by atoms with Crippen molar-refractivity contribution in [3.8, 4) is 0 Å². The van der Waals surface area contributed by atoms with Gasteiger partial charge in [-0.25, -0.2) is 18.0 Å². The van der Waals surface area contributed by atoms with Crippen molar-refractivity contribution in [2.75, 3.05) is 17.2 Å². The second-order valence-corrected chi connectivity index (χ2v) is 14.5. The first-order valence-electron chi connectivity index (χ1n) is 15.4. The number of amides is 3. The van der Waals surface area contributed by atoms with Gasteiger partial charge in [0, 0.05) is 36.1 Å². The van der Waals surface area contributed by atoms with E-state index in [4.69, 9.17) is 10.5 Å². The quantitative estimate of drug-likeness (QED) is 0.0902. The van der Waals surface area contributed by atoms with E-state index in [0.717, 1.165) is 4.90 Å². The number of aromatic nitrogens is 1. The molecular weight excluding hydrogens is 628 g/mol. The van der Waals surface area contributed by atoms with Gasteiger partial charge in [0.15, 0.2) is 15.7 Å². The van der Waals surface area contributed by atoms with Gasteiger partial charge in [-0.2, -0.15) is 0 Å². The molecule has 1 aliphatic carbocycles. The van der Waals surface area contributed by atoms with Crippen molar-refractivity contribution in [3.05, 3.63) is 59.8 Å². The first-order chi connectivity index (χ1) is 22.1. The summed E-state index contributed by atoms with van der Waals surface area (Å²) < 4.78 is 33.5. The van der Waals surface area contributed by atoms with E-state index in [1.165, 1.54) is 28.8 Å². The number of amidine groups is 1. The summed E-state index contributed by atoms with van der Waals surface area (Å²) in [5, 5.41) is 28.8. The van der Waals surface area contributed by atoms with Crippen LogP contribution in [0, 0.1) is 0 Å². The van der Waals surface area contributed by atoms with Crippen LogP contribution in [0.4, 0.5) is 15.3 Å². The summed E-state index contributed by atoms with van der Waals surface area (Å²) in [5.74, 6) is -1.19. The minimum atomic E-state index is -3.80. The molecule has 2 aromatic carbocycles. The van der Waals surface area contributed by atoms with E-state index in [1.54, 1.807) is 52.0 Å². The van der Waals surface area contributed by atoms with Gasteiger partial charge in [-0.3, -0.25) is 9.69 Å². The highest BCUT2D eigenvalue weighted by molar-refractivity contribution is 7.91. The van der Waals surface area contributed by atoms with Crippen LogP contribution in [0.3, 0.4) is 0 Å². The Hall–Kier alpha value is -4.79. The predicted octanol–water partition coefficient (Wildman–Crippen LogP) is 4.28. The number of carbonyl (C=O) groups is 3. The molecule has 1 heterocycles. The molecule has 0 saturated heterocycles. The molecule has 4 rings (SSSR count). The molecule has 0 spiro atoms. The van der Waals surface area contributed by atoms with Gasteiger partial charge >= 0.3 is 12.2 Å². The Morgan fingerprint density at radius 1 is 1.04 bits per heavy atom. The molecule has 6 N–H and O–H groups in total. The summed E-state index contributed by atoms with van der Waals surface area (Å²) in [6.07, 6.45) is 0.419. The fraction of sp³-hybridized carbons (Fsp3) is 0.438. The number of hydrogen-bond acceptors (Lipinski definition) is 8. The topological polar surface area (TPSA) is 206 Å². The van der Waals surface area contributed by atoms with Crippen LogP contribution in [-0.4, -0.2) is 77.2 Å². The molecule has 1 aromatic heterocycles. The first-order valence-corrected chi connectivity index (χ1v) is 17.0. The third-order valence-electron chi connectivity index (χ3n) is 7.94. The van der Waals surface area contributed by atoms with E-state index >= 15 is 0 Å². The maximum atomic E-state index is 14.2. The Morgan fingerprint density at radius 2 is 1.66 bits per heavy atom. The molecule has 0 atom stereocenters. The maximum Gasteiger partial charge on any atom is 0.411 e. The number of alkyl carbamates (subject to hydrolysis) is 1. The van der Waals surface area contributed by atoms with Crippen molar-refractivity contribution >= 4 is 50.4 Å². The second kappa shape index (κ2) is 14.3. The van der Waals surface area contributed by atoms with E-state index in [2.05, 4.69) is 15.8 Å². The number of oxime groups is 1. The highest BCUT2D eigenvalue weighted by atomic mass is 32.2. The zero-order valence-electron chi connectivity index (χ0n) is 26.9. The zero-order valence-corrected chi connectivity index (χ0v) is 27.7. The largest absolute Gasteiger partial charge is 0.465 e. The number of nitrogens with two attached hydrogens (primary N) is 1. The monoisotopic (exact) mass is 670 g/mol. The van der Waals surface area contributed by atoms with Crippen molar-refractivity contribution in [2.45, 2.75) is 82.5 Å². The minimum absolute atomic E-state index is 0.000469. The van der Waals surface area contributed by atoms with Crippen molar-refractivity contribution < 1.29 is 37.9 Å². The Morgan fingerprint density at radius 3 is 2.21 bits per heavy atom. The molecule has 254 valence electrons. The summed E-state index contributed by atoms with van der Waals surface area (Å²) in [6.45, 7) is 6.78. The van der Waals surface area contributed by atoms with Gasteiger partial charge in [-0.05, 0) is 77.6 Å². The lowest BCUT2D eigenvalue weighted by molar-refractivity contribution is 0.0487. The van der Waals surface area contributed by atoms with Crippen LogP contribution in [0.2, 0.25) is 0 Å². The van der Waals surface area contributed by atoms with Gasteiger partial charge in [-0.1, -0.05) is 29.4 Å². The number of hydrogen-bond donors (Lipinski definition) is 5. The third-order valence-corrected chi connectivity index (χ3v) is 9.65. The highest BCUT2D eigenvalue weighted by Crippen LogP contribution is 2.36. The van der Waals surface area contributed by atoms with Crippen molar-refractivity contribution in [3.63, 3.8) is 0 Å². The summed E-state index contributed by atoms with van der Waals surface area (Å²) in [6, 6.07) is 12.1. The van der Waals surface area contributed by atoms with Crippen LogP contribution in [0.5, 0.6) is 0 Å². The number of carbonyl (C=O) groups excluding carboxylic acids is 2. The zero-order chi connectivity index (χ0) is 34.5. The number of nitrogens with zero attached hydrogens (tertiary/aromatic N) is 3. The third kappa shape index (κ3) is 8.33. The summed E-state index contributed by atoms with van der Waals surface area (Å²) in [5.41, 5.74) is 5.92. The molecule has 0 unspecified atom stereocenters. The Bertz CT molecular complexity index is 1760. The van der Waals surface area contributed by atoms with Crippen LogP contribution < -0.4 is 21.3 Å². The van der Waals surface area contributed by atoms with Crippen LogP contribution in [0.1, 0.15) is 69.4 Å². The van der Waals surface area contributed by atoms with Gasteiger partial charge in [-0.15, -0.1) is 0 Å². The highest BCUT2D eigenvalue weighted by Gasteiger charge is 2.32. The minimum Gasteiger partial charge on any atom is -0.465 e. The van der Waals surface area contributed by atoms with Crippen LogP contribution in [-0.2, 0) is 21.1 Å². The predicted molar refractivity (Wildman–Crippen MR) is 177 cm³/mol. The fourth-order valence-electron chi connectivity index (χ4n) is 5.74. The lowest BCUT2D eigenvalue weighted by Gasteiger charge is -2.31. The number of benzene rings is 2. The van der Waals surface area contributed by atoms with E-state index in [-0.39, 0.29) is 52.8 Å². The number of ether oxygens (including phenoxy) is 1. The second-order valence-electron chi connectivity index (χ2n) is 12.4. The average molecular weight is 671 g/mol. The molecule has 3 amide bonds. The summed E-state index contributed by atoms with van der Waals surface area (Å²) in [4.78, 5) is 40.0. The molecule has 47 heavy (non-hydrogen) atoms. The number of sulfone groups is 1. The molecule has 1 aliphatic rings. The molecule has 15 heteroatoms. The van der Waals surface area contributed by atoms with Crippen LogP contribution >= 0.6 is 0 Å². The van der Waals surface area contributed by atoms with Gasteiger partial charge in [0.1, 0.15) is 11.3 Å². The average Bonchev–Trinajstić information content (AvgIpc) is 3.33. The van der Waals surface area contributed by atoms with Gasteiger partial charge in [0.05, 0.1) is 21.9 Å². The number of rotatable bonds is 10. The molecule has 1 fully saturated rings. The molecule has 14 nitrogen and oxygen atoms in total. The number of anilines is 1. The van der Waals surface area contributed by atoms with E-state index in [0.29, 0.717) is 36.6 Å². The van der Waals surface area contributed by atoms with Crippen LogP contribution in [0.25, 0.3) is 10.9 Å². The van der Waals surface area contributed by atoms with E-state index in [1.807, 2.05) is 0 Å². The molecule has 1 saturated carbocycles. The summed E-state index contributed by atoms with van der Waals surface area (Å²) >= 11 is 0. The number of aryl methyl sites for hydroxylation is 1. The lowest BCUT2D eigenvalue weighted by atomic mass is 9.91. The molecule has 3 aromatic rings. The summed E-state index contributed by atoms with van der Waals surface area (Å²) in [7, 11) is -3.80. The Balaban J connectivity index is 1.72.